The lowest BCUT2D eigenvalue weighted by atomic mass is 9.95. The molecule has 1 unspecified atom stereocenters. The van der Waals surface area contributed by atoms with E-state index in [1.165, 1.54) is 0 Å². The lowest BCUT2D eigenvalue weighted by molar-refractivity contribution is -0.139. The summed E-state index contributed by atoms with van der Waals surface area (Å²) in [4.78, 5) is 17.7. The molecule has 0 radical (unpaired) electrons. The average molecular weight is 499 g/mol. The van der Waals surface area contributed by atoms with Gasteiger partial charge in [-0.2, -0.15) is 4.98 Å². The highest BCUT2D eigenvalue weighted by Crippen LogP contribution is 2.40. The summed E-state index contributed by atoms with van der Waals surface area (Å²) in [5.41, 5.74) is 2.81. The van der Waals surface area contributed by atoms with Crippen molar-refractivity contribution in [2.75, 3.05) is 17.7 Å². The molecule has 3 aromatic rings. The van der Waals surface area contributed by atoms with Gasteiger partial charge in [0.1, 0.15) is 18.4 Å². The number of allylic oxidation sites excluding steroid dienone is 1. The maximum absolute atomic E-state index is 13.1. The van der Waals surface area contributed by atoms with Gasteiger partial charge in [0.15, 0.2) is 0 Å². The highest BCUT2D eigenvalue weighted by atomic mass is 35.5. The van der Waals surface area contributed by atoms with E-state index in [2.05, 4.69) is 17.2 Å². The number of nitrogens with one attached hydrogen (secondary N) is 1. The maximum Gasteiger partial charge on any atom is 0.338 e. The SMILES string of the molecule is CCCSc1nc2n(n1)C(c1ccccc1OCc1ccccc1Cl)C(C(=O)OCC)=C(C)N2. The Morgan fingerprint density at radius 3 is 2.71 bits per heavy atom. The van der Waals surface area contributed by atoms with Crippen molar-refractivity contribution in [3.63, 3.8) is 0 Å². The van der Waals surface area contributed by atoms with Crippen LogP contribution in [0.4, 0.5) is 5.95 Å². The number of fused-ring (bicyclic) bond motifs is 1. The number of para-hydroxylation sites is 1. The number of hydrogen-bond acceptors (Lipinski definition) is 7. The Hall–Kier alpha value is -2.97. The number of thioether (sulfide) groups is 1. The van der Waals surface area contributed by atoms with E-state index in [0.29, 0.717) is 39.8 Å². The van der Waals surface area contributed by atoms with Crippen LogP contribution >= 0.6 is 23.4 Å². The molecule has 1 N–H and O–H groups in total. The number of hydrogen-bond donors (Lipinski definition) is 1. The second-order valence-corrected chi connectivity index (χ2v) is 9.18. The van der Waals surface area contributed by atoms with Crippen LogP contribution < -0.4 is 10.1 Å². The minimum atomic E-state index is -0.554. The van der Waals surface area contributed by atoms with Gasteiger partial charge in [-0.3, -0.25) is 0 Å². The van der Waals surface area contributed by atoms with E-state index < -0.39 is 12.0 Å². The van der Waals surface area contributed by atoms with Crippen molar-refractivity contribution in [3.05, 3.63) is 76.0 Å². The van der Waals surface area contributed by atoms with E-state index in [1.54, 1.807) is 23.4 Å². The molecule has 1 aliphatic heterocycles. The van der Waals surface area contributed by atoms with E-state index >= 15 is 0 Å². The van der Waals surface area contributed by atoms with Crippen LogP contribution in [0.1, 0.15) is 44.4 Å². The van der Waals surface area contributed by atoms with Crippen LogP contribution in [0, 0.1) is 0 Å². The molecule has 2 aromatic carbocycles. The molecular formula is C25H27ClN4O3S. The summed E-state index contributed by atoms with van der Waals surface area (Å²) in [6, 6.07) is 14.7. The van der Waals surface area contributed by atoms with Gasteiger partial charge in [-0.05, 0) is 32.4 Å². The van der Waals surface area contributed by atoms with Crippen molar-refractivity contribution in [2.24, 2.45) is 0 Å². The number of ether oxygens (including phenoxy) is 2. The van der Waals surface area contributed by atoms with Gasteiger partial charge in [-0.15, -0.1) is 5.10 Å². The van der Waals surface area contributed by atoms with Gasteiger partial charge < -0.3 is 14.8 Å². The van der Waals surface area contributed by atoms with Crippen LogP contribution in [0.2, 0.25) is 5.02 Å². The number of rotatable bonds is 9. The van der Waals surface area contributed by atoms with E-state index in [-0.39, 0.29) is 6.61 Å². The fourth-order valence-electron chi connectivity index (χ4n) is 3.76. The van der Waals surface area contributed by atoms with Crippen molar-refractivity contribution in [3.8, 4) is 5.75 Å². The first-order chi connectivity index (χ1) is 16.5. The summed E-state index contributed by atoms with van der Waals surface area (Å²) >= 11 is 7.91. The molecule has 0 amide bonds. The molecule has 34 heavy (non-hydrogen) atoms. The molecule has 0 fully saturated rings. The number of aromatic nitrogens is 3. The van der Waals surface area contributed by atoms with Crippen LogP contribution in [0.15, 0.2) is 65.0 Å². The summed E-state index contributed by atoms with van der Waals surface area (Å²) in [7, 11) is 0. The standard InChI is InChI=1S/C25H27ClN4O3S/c1-4-14-34-25-28-24-27-16(3)21(23(31)32-5-2)22(30(24)29-25)18-11-7-9-13-20(18)33-15-17-10-6-8-12-19(17)26/h6-13,22H,4-5,14-15H2,1-3H3,(H,27,28,29). The van der Waals surface area contributed by atoms with Gasteiger partial charge in [0.05, 0.1) is 12.2 Å². The molecule has 0 bridgehead atoms. The molecule has 0 aliphatic carbocycles. The molecule has 0 spiro atoms. The molecular weight excluding hydrogens is 472 g/mol. The van der Waals surface area contributed by atoms with Gasteiger partial charge in [-0.25, -0.2) is 9.48 Å². The number of esters is 1. The Bertz CT molecular complexity index is 1210. The second-order valence-electron chi connectivity index (χ2n) is 7.72. The lowest BCUT2D eigenvalue weighted by Gasteiger charge is -2.29. The third-order valence-corrected chi connectivity index (χ3v) is 6.73. The Balaban J connectivity index is 1.76. The van der Waals surface area contributed by atoms with Crippen molar-refractivity contribution in [2.45, 2.75) is 45.0 Å². The van der Waals surface area contributed by atoms with E-state index in [9.17, 15) is 4.79 Å². The van der Waals surface area contributed by atoms with Gasteiger partial charge >= 0.3 is 5.97 Å². The van der Waals surface area contributed by atoms with Gasteiger partial charge in [0.2, 0.25) is 11.1 Å². The number of benzene rings is 2. The lowest BCUT2D eigenvalue weighted by Crippen LogP contribution is -2.30. The van der Waals surface area contributed by atoms with Crippen molar-refractivity contribution in [1.29, 1.82) is 0 Å². The van der Waals surface area contributed by atoms with Crippen LogP contribution in [0.25, 0.3) is 0 Å². The third kappa shape index (κ3) is 5.08. The summed E-state index contributed by atoms with van der Waals surface area (Å²) in [6.45, 7) is 6.32. The van der Waals surface area contributed by atoms with E-state index in [0.717, 1.165) is 23.3 Å². The Morgan fingerprint density at radius 2 is 1.94 bits per heavy atom. The molecule has 1 atom stereocenters. The minimum absolute atomic E-state index is 0.273. The monoisotopic (exact) mass is 498 g/mol. The molecule has 4 rings (SSSR count). The van der Waals surface area contributed by atoms with Crippen molar-refractivity contribution < 1.29 is 14.3 Å². The first kappa shape index (κ1) is 24.2. The number of anilines is 1. The predicted molar refractivity (Wildman–Crippen MR) is 134 cm³/mol. The highest BCUT2D eigenvalue weighted by Gasteiger charge is 2.36. The van der Waals surface area contributed by atoms with Gasteiger partial charge in [-0.1, -0.05) is 66.7 Å². The molecule has 1 aliphatic rings. The molecule has 7 nitrogen and oxygen atoms in total. The zero-order valence-corrected chi connectivity index (χ0v) is 20.9. The number of carbonyl (C=O) groups is 1. The van der Waals surface area contributed by atoms with Gasteiger partial charge in [0, 0.05) is 27.6 Å². The van der Waals surface area contributed by atoms with Crippen molar-refractivity contribution in [1.82, 2.24) is 14.8 Å². The second kappa shape index (κ2) is 11.0. The largest absolute Gasteiger partial charge is 0.488 e. The zero-order valence-electron chi connectivity index (χ0n) is 19.4. The molecule has 1 aromatic heterocycles. The molecule has 178 valence electrons. The van der Waals surface area contributed by atoms with Crippen molar-refractivity contribution >= 4 is 35.3 Å². The van der Waals surface area contributed by atoms with Crippen LogP contribution in [-0.4, -0.2) is 33.1 Å². The molecule has 9 heteroatoms. The topological polar surface area (TPSA) is 78.3 Å². The Labute approximate surface area is 208 Å². The average Bonchev–Trinajstić information content (AvgIpc) is 3.24. The summed E-state index contributed by atoms with van der Waals surface area (Å²) in [5, 5.41) is 9.26. The molecule has 0 saturated heterocycles. The van der Waals surface area contributed by atoms with Crippen LogP contribution in [0.3, 0.4) is 0 Å². The highest BCUT2D eigenvalue weighted by molar-refractivity contribution is 7.99. The fourth-order valence-corrected chi connectivity index (χ4v) is 4.63. The first-order valence-corrected chi connectivity index (χ1v) is 12.6. The molecule has 2 heterocycles. The van der Waals surface area contributed by atoms with E-state index in [4.69, 9.17) is 26.2 Å². The first-order valence-electron chi connectivity index (χ1n) is 11.2. The summed E-state index contributed by atoms with van der Waals surface area (Å²) < 4.78 is 13.4. The normalized spacial score (nSPS) is 15.0. The zero-order chi connectivity index (χ0) is 24.1. The fraction of sp³-hybridized carbons (Fsp3) is 0.320. The smallest absolute Gasteiger partial charge is 0.338 e. The Kier molecular flexibility index (Phi) is 7.80. The van der Waals surface area contributed by atoms with Gasteiger partial charge in [0.25, 0.3) is 0 Å². The number of carbonyl (C=O) groups excluding carboxylic acids is 1. The maximum atomic E-state index is 13.1. The predicted octanol–water partition coefficient (Wildman–Crippen LogP) is 5.86. The Morgan fingerprint density at radius 1 is 1.18 bits per heavy atom. The number of nitrogens with zero attached hydrogens (tertiary/aromatic N) is 3. The number of halogens is 1. The summed E-state index contributed by atoms with van der Waals surface area (Å²) in [5.74, 6) is 1.72. The van der Waals surface area contributed by atoms with Crippen LogP contribution in [0.5, 0.6) is 5.75 Å². The quantitative estimate of drug-likeness (QED) is 0.292. The minimum Gasteiger partial charge on any atom is -0.488 e. The third-order valence-electron chi connectivity index (χ3n) is 5.32. The molecule has 0 saturated carbocycles. The van der Waals surface area contributed by atoms with E-state index in [1.807, 2.05) is 55.5 Å². The summed E-state index contributed by atoms with van der Waals surface area (Å²) in [6.07, 6.45) is 1.01. The van der Waals surface area contributed by atoms with Crippen LogP contribution in [-0.2, 0) is 16.1 Å².